The summed E-state index contributed by atoms with van der Waals surface area (Å²) in [7, 11) is 2.71. The zero-order valence-corrected chi connectivity index (χ0v) is 18.1. The molecule has 0 amide bonds. The van der Waals surface area contributed by atoms with Crippen LogP contribution in [0.15, 0.2) is 0 Å². The van der Waals surface area contributed by atoms with Gasteiger partial charge in [-0.1, -0.05) is 20.3 Å². The largest absolute Gasteiger partial charge is 0.481 e. The van der Waals surface area contributed by atoms with Gasteiger partial charge in [0.05, 0.1) is 26.1 Å². The summed E-state index contributed by atoms with van der Waals surface area (Å²) in [5.74, 6) is -3.06. The number of hydrogen-bond acceptors (Lipinski definition) is 10. The average molecular weight is 450 g/mol. The number of aliphatic carboxylic acids is 2. The molecule has 2 unspecified atom stereocenters. The lowest BCUT2D eigenvalue weighted by molar-refractivity contribution is -0.193. The molecule has 0 bridgehead atoms. The fraction of sp³-hybridized carbons (Fsp3) is 0.684. The number of carboxylic acid groups (broad SMARTS) is 2. The standard InChI is InChI=1S/C10H18O4.C7H12O4.2CO2/c1-4-5-8(10(12)14-3)6-7-9(11)13-2;1-2-5(7(10)11)3-4-6(8)9;2*2-1-3/h8H,4-7H2,1-3H3;5H,2-4H2,1H3,(H,8,9)(H,10,11);;. The van der Waals surface area contributed by atoms with Gasteiger partial charge in [0.2, 0.25) is 0 Å². The first-order valence-electron chi connectivity index (χ1n) is 9.14. The molecule has 0 radical (unpaired) electrons. The van der Waals surface area contributed by atoms with E-state index in [1.165, 1.54) is 14.2 Å². The molecular weight excluding hydrogens is 420 g/mol. The molecule has 0 aliphatic heterocycles. The topological polar surface area (TPSA) is 195 Å². The van der Waals surface area contributed by atoms with E-state index in [2.05, 4.69) is 9.47 Å². The molecule has 0 spiro atoms. The Hall–Kier alpha value is -3.36. The minimum atomic E-state index is -0.940. The molecule has 2 atom stereocenters. The number of rotatable bonds is 11. The van der Waals surface area contributed by atoms with Crippen molar-refractivity contribution in [1.82, 2.24) is 0 Å². The van der Waals surface area contributed by atoms with Crippen molar-refractivity contribution < 1.29 is 58.0 Å². The maximum absolute atomic E-state index is 11.2. The second-order valence-electron chi connectivity index (χ2n) is 5.67. The SMILES string of the molecule is CCC(CCC(=O)O)C(=O)O.CCCC(CCC(=O)OC)C(=O)OC.O=C=O.O=C=O. The van der Waals surface area contributed by atoms with E-state index in [0.717, 1.165) is 12.8 Å². The van der Waals surface area contributed by atoms with Gasteiger partial charge in [0.1, 0.15) is 0 Å². The molecule has 0 aromatic heterocycles. The lowest BCUT2D eigenvalue weighted by Crippen LogP contribution is -2.17. The van der Waals surface area contributed by atoms with Crippen LogP contribution in [0.5, 0.6) is 0 Å². The Morgan fingerprint density at radius 2 is 1.23 bits per heavy atom. The zero-order valence-electron chi connectivity index (χ0n) is 18.1. The van der Waals surface area contributed by atoms with E-state index in [-0.39, 0.29) is 49.4 Å². The van der Waals surface area contributed by atoms with Gasteiger partial charge in [-0.05, 0) is 25.7 Å². The fourth-order valence-corrected chi connectivity index (χ4v) is 2.09. The third kappa shape index (κ3) is 28.9. The number of carbonyl (C=O) groups is 4. The van der Waals surface area contributed by atoms with Crippen molar-refractivity contribution in [3.8, 4) is 0 Å². The Morgan fingerprint density at radius 3 is 1.52 bits per heavy atom. The van der Waals surface area contributed by atoms with Gasteiger partial charge in [0, 0.05) is 12.8 Å². The van der Waals surface area contributed by atoms with Gasteiger partial charge in [-0.3, -0.25) is 19.2 Å². The van der Waals surface area contributed by atoms with Crippen molar-refractivity contribution in [2.45, 2.75) is 58.8 Å². The first kappa shape index (κ1) is 35.1. The predicted molar refractivity (Wildman–Crippen MR) is 100.0 cm³/mol. The minimum absolute atomic E-state index is 0.0647. The van der Waals surface area contributed by atoms with Crippen molar-refractivity contribution in [3.63, 3.8) is 0 Å². The Bertz CT molecular complexity index is 560. The molecule has 12 heteroatoms. The summed E-state index contributed by atoms with van der Waals surface area (Å²) in [6.07, 6.45) is 3.59. The second-order valence-corrected chi connectivity index (χ2v) is 5.67. The summed E-state index contributed by atoms with van der Waals surface area (Å²) >= 11 is 0. The van der Waals surface area contributed by atoms with Gasteiger partial charge in [-0.25, -0.2) is 0 Å². The van der Waals surface area contributed by atoms with E-state index in [1.807, 2.05) is 6.92 Å². The molecule has 0 fully saturated rings. The van der Waals surface area contributed by atoms with E-state index >= 15 is 0 Å². The molecule has 0 aromatic rings. The Balaban J connectivity index is -0.000000190. The molecule has 31 heavy (non-hydrogen) atoms. The van der Waals surface area contributed by atoms with Crippen LogP contribution in [0, 0.1) is 11.8 Å². The highest BCUT2D eigenvalue weighted by Gasteiger charge is 2.19. The summed E-state index contributed by atoms with van der Waals surface area (Å²) in [5, 5.41) is 16.7. The summed E-state index contributed by atoms with van der Waals surface area (Å²) in [5.41, 5.74) is 0. The monoisotopic (exact) mass is 450 g/mol. The zero-order chi connectivity index (χ0) is 25.2. The summed E-state index contributed by atoms with van der Waals surface area (Å²) in [6.45, 7) is 3.73. The molecule has 0 aromatic carbocycles. The van der Waals surface area contributed by atoms with Crippen molar-refractivity contribution in [2.24, 2.45) is 11.8 Å². The highest BCUT2D eigenvalue weighted by molar-refractivity contribution is 5.74. The molecular formula is C19H30O12. The maximum Gasteiger partial charge on any atom is 0.373 e. The van der Waals surface area contributed by atoms with Crippen LogP contribution in [0.3, 0.4) is 0 Å². The number of carbonyl (C=O) groups excluding carboxylic acids is 6. The van der Waals surface area contributed by atoms with Gasteiger partial charge in [-0.15, -0.1) is 0 Å². The first-order valence-corrected chi connectivity index (χ1v) is 9.14. The molecule has 178 valence electrons. The highest BCUT2D eigenvalue weighted by atomic mass is 16.5. The number of esters is 2. The second kappa shape index (κ2) is 26.6. The molecule has 12 nitrogen and oxygen atoms in total. The number of methoxy groups -OCH3 is 2. The molecule has 0 heterocycles. The molecule has 2 N–H and O–H groups in total. The van der Waals surface area contributed by atoms with E-state index in [0.29, 0.717) is 12.8 Å². The maximum atomic E-state index is 11.2. The van der Waals surface area contributed by atoms with Crippen LogP contribution < -0.4 is 0 Å². The summed E-state index contributed by atoms with van der Waals surface area (Å²) < 4.78 is 9.14. The van der Waals surface area contributed by atoms with Gasteiger partial charge in [-0.2, -0.15) is 19.2 Å². The van der Waals surface area contributed by atoms with Crippen LogP contribution >= 0.6 is 0 Å². The molecule has 0 aliphatic carbocycles. The first-order chi connectivity index (χ1) is 14.6. The highest BCUT2D eigenvalue weighted by Crippen LogP contribution is 2.15. The van der Waals surface area contributed by atoms with E-state index in [1.54, 1.807) is 6.92 Å². The van der Waals surface area contributed by atoms with Crippen molar-refractivity contribution >= 4 is 36.2 Å². The minimum Gasteiger partial charge on any atom is -0.481 e. The van der Waals surface area contributed by atoms with E-state index in [4.69, 9.17) is 29.4 Å². The number of hydrogen-bond donors (Lipinski definition) is 2. The third-order valence-electron chi connectivity index (χ3n) is 3.64. The van der Waals surface area contributed by atoms with Crippen LogP contribution in [0.2, 0.25) is 0 Å². The van der Waals surface area contributed by atoms with Crippen molar-refractivity contribution in [3.05, 3.63) is 0 Å². The van der Waals surface area contributed by atoms with Crippen LogP contribution in [0.25, 0.3) is 0 Å². The number of carboxylic acids is 2. The molecule has 0 rings (SSSR count). The van der Waals surface area contributed by atoms with Gasteiger partial charge in [0.15, 0.2) is 0 Å². The quantitative estimate of drug-likeness (QED) is 0.429. The van der Waals surface area contributed by atoms with Gasteiger partial charge >= 0.3 is 36.2 Å². The van der Waals surface area contributed by atoms with E-state index in [9.17, 15) is 19.2 Å². The van der Waals surface area contributed by atoms with Crippen LogP contribution in [0.1, 0.15) is 58.8 Å². The molecule has 0 aliphatic rings. The van der Waals surface area contributed by atoms with Crippen LogP contribution in [-0.2, 0) is 47.8 Å². The van der Waals surface area contributed by atoms with Crippen LogP contribution in [0.4, 0.5) is 0 Å². The van der Waals surface area contributed by atoms with Crippen molar-refractivity contribution in [1.29, 1.82) is 0 Å². The Labute approximate surface area is 179 Å². The molecule has 0 saturated heterocycles. The van der Waals surface area contributed by atoms with Crippen molar-refractivity contribution in [2.75, 3.05) is 14.2 Å². The Kier molecular flexibility index (Phi) is 30.2. The molecule has 0 saturated carbocycles. The Morgan fingerprint density at radius 1 is 0.774 bits per heavy atom. The van der Waals surface area contributed by atoms with Gasteiger partial charge in [0.25, 0.3) is 0 Å². The predicted octanol–water partition coefficient (Wildman–Crippen LogP) is 1.32. The lowest BCUT2D eigenvalue weighted by Gasteiger charge is -2.12. The third-order valence-corrected chi connectivity index (χ3v) is 3.64. The number of ether oxygens (including phenoxy) is 2. The summed E-state index contributed by atoms with van der Waals surface area (Å²) in [6, 6.07) is 0. The lowest BCUT2D eigenvalue weighted by atomic mass is 9.98. The smallest absolute Gasteiger partial charge is 0.373 e. The van der Waals surface area contributed by atoms with Crippen LogP contribution in [-0.4, -0.2) is 60.6 Å². The van der Waals surface area contributed by atoms with E-state index < -0.39 is 17.9 Å². The fourth-order valence-electron chi connectivity index (χ4n) is 2.09. The summed E-state index contributed by atoms with van der Waals surface area (Å²) in [4.78, 5) is 75.0. The average Bonchev–Trinajstić information content (AvgIpc) is 2.71. The van der Waals surface area contributed by atoms with Gasteiger partial charge < -0.3 is 19.7 Å². The normalized spacial score (nSPS) is 10.3.